The van der Waals surface area contributed by atoms with Crippen LogP contribution in [0.3, 0.4) is 0 Å². The Kier molecular flexibility index (Phi) is 4.58. The molecule has 0 bridgehead atoms. The van der Waals surface area contributed by atoms with Crippen molar-refractivity contribution in [1.82, 2.24) is 4.31 Å². The summed E-state index contributed by atoms with van der Waals surface area (Å²) in [6.45, 7) is -1.52. The molecule has 0 atom stereocenters. The molecule has 0 aliphatic heterocycles. The molecule has 0 aromatic heterocycles. The molecule has 0 fully saturated rings. The molecule has 0 saturated heterocycles. The molecule has 2 aromatic rings. The van der Waals surface area contributed by atoms with Crippen LogP contribution in [-0.2, 0) is 10.0 Å². The zero-order valence-electron chi connectivity index (χ0n) is 11.7. The minimum absolute atomic E-state index is 0.168. The first-order valence-electron chi connectivity index (χ1n) is 6.39. The van der Waals surface area contributed by atoms with Crippen LogP contribution in [0.1, 0.15) is 0 Å². The van der Waals surface area contributed by atoms with Gasteiger partial charge in [-0.2, -0.15) is 17.5 Å². The van der Waals surface area contributed by atoms with E-state index in [0.717, 1.165) is 18.2 Å². The molecule has 0 unspecified atom stereocenters. The molecule has 0 saturated carbocycles. The molecule has 0 heterocycles. The second-order valence-corrected chi connectivity index (χ2v) is 6.81. The quantitative estimate of drug-likeness (QED) is 0.860. The number of rotatable bonds is 4. The maximum absolute atomic E-state index is 12.3. The average molecular weight is 329 g/mol. The highest BCUT2D eigenvalue weighted by Gasteiger charge is 2.34. The summed E-state index contributed by atoms with van der Waals surface area (Å²) in [6, 6.07) is 15.0. The Morgan fingerprint density at radius 1 is 0.909 bits per heavy atom. The number of sulfonamides is 1. The smallest absolute Gasteiger partial charge is 0.207 e. The predicted octanol–water partition coefficient (Wildman–Crippen LogP) is 3.54. The number of nitrogens with zero attached hydrogens (tertiary/aromatic N) is 1. The minimum atomic E-state index is -4.58. The third-order valence-electron chi connectivity index (χ3n) is 3.07. The van der Waals surface area contributed by atoms with Crippen LogP contribution in [0.2, 0.25) is 0 Å². The van der Waals surface area contributed by atoms with Crippen LogP contribution >= 0.6 is 0 Å². The third kappa shape index (κ3) is 3.86. The molecular weight excluding hydrogens is 315 g/mol. The van der Waals surface area contributed by atoms with Gasteiger partial charge in [0, 0.05) is 7.05 Å². The zero-order valence-corrected chi connectivity index (χ0v) is 12.5. The summed E-state index contributed by atoms with van der Waals surface area (Å²) in [7, 11) is -3.25. The van der Waals surface area contributed by atoms with E-state index in [2.05, 4.69) is 0 Å². The lowest BCUT2D eigenvalue weighted by molar-refractivity contribution is -0.134. The molecule has 3 nitrogen and oxygen atoms in total. The number of hydrogen-bond donors (Lipinski definition) is 0. The second-order valence-electron chi connectivity index (χ2n) is 4.77. The summed E-state index contributed by atoms with van der Waals surface area (Å²) >= 11 is 0. The fourth-order valence-electron chi connectivity index (χ4n) is 1.97. The van der Waals surface area contributed by atoms with Crippen LogP contribution in [0.5, 0.6) is 0 Å². The number of alkyl halides is 3. The van der Waals surface area contributed by atoms with Crippen molar-refractivity contribution >= 4 is 10.0 Å². The molecular formula is C15H14F3NO2S. The van der Waals surface area contributed by atoms with Crippen molar-refractivity contribution in [2.45, 2.75) is 11.1 Å². The highest BCUT2D eigenvalue weighted by Crippen LogP contribution is 2.24. The van der Waals surface area contributed by atoms with Crippen molar-refractivity contribution in [3.63, 3.8) is 0 Å². The van der Waals surface area contributed by atoms with Gasteiger partial charge in [0.25, 0.3) is 0 Å². The van der Waals surface area contributed by atoms with Crippen molar-refractivity contribution in [2.24, 2.45) is 0 Å². The Bertz CT molecular complexity index is 726. The summed E-state index contributed by atoms with van der Waals surface area (Å²) in [4.78, 5) is -0.168. The average Bonchev–Trinajstić information content (AvgIpc) is 2.46. The SMILES string of the molecule is CN(CC(F)(F)F)S(=O)(=O)c1ccc(-c2ccccc2)cc1. The number of hydrogen-bond acceptors (Lipinski definition) is 2. The lowest BCUT2D eigenvalue weighted by Gasteiger charge is -2.18. The van der Waals surface area contributed by atoms with Gasteiger partial charge in [0.1, 0.15) is 6.54 Å². The van der Waals surface area contributed by atoms with Crippen LogP contribution in [-0.4, -0.2) is 32.5 Å². The first kappa shape index (κ1) is 16.5. The Labute approximate surface area is 127 Å². The van der Waals surface area contributed by atoms with Gasteiger partial charge in [-0.25, -0.2) is 8.42 Å². The van der Waals surface area contributed by atoms with Gasteiger partial charge < -0.3 is 0 Å². The van der Waals surface area contributed by atoms with Crippen LogP contribution in [0.15, 0.2) is 59.5 Å². The molecule has 0 aliphatic carbocycles. The molecule has 0 aliphatic rings. The van der Waals surface area contributed by atoms with E-state index in [1.165, 1.54) is 12.1 Å². The van der Waals surface area contributed by atoms with Crippen LogP contribution < -0.4 is 0 Å². The van der Waals surface area contributed by atoms with Gasteiger partial charge in [-0.3, -0.25) is 0 Å². The number of halogens is 3. The van der Waals surface area contributed by atoms with Gasteiger partial charge >= 0.3 is 6.18 Å². The lowest BCUT2D eigenvalue weighted by atomic mass is 10.1. The number of benzene rings is 2. The van der Waals surface area contributed by atoms with E-state index in [0.29, 0.717) is 4.31 Å². The summed E-state index contributed by atoms with van der Waals surface area (Å²) in [6.07, 6.45) is -4.58. The molecule has 0 spiro atoms. The van der Waals surface area contributed by atoms with Crippen molar-refractivity contribution in [3.8, 4) is 11.1 Å². The maximum Gasteiger partial charge on any atom is 0.402 e. The Morgan fingerprint density at radius 2 is 1.41 bits per heavy atom. The van der Waals surface area contributed by atoms with Crippen molar-refractivity contribution in [2.75, 3.05) is 13.6 Å². The normalized spacial score (nSPS) is 12.6. The van der Waals surface area contributed by atoms with Crippen LogP contribution in [0, 0.1) is 0 Å². The highest BCUT2D eigenvalue weighted by molar-refractivity contribution is 7.89. The zero-order chi connectivity index (χ0) is 16.4. The molecule has 2 aromatic carbocycles. The molecule has 7 heteroatoms. The maximum atomic E-state index is 12.3. The van der Waals surface area contributed by atoms with E-state index in [1.807, 2.05) is 30.3 Å². The molecule has 2 rings (SSSR count). The molecule has 0 radical (unpaired) electrons. The van der Waals surface area contributed by atoms with E-state index in [1.54, 1.807) is 12.1 Å². The highest BCUT2D eigenvalue weighted by atomic mass is 32.2. The molecule has 0 amide bonds. The monoisotopic (exact) mass is 329 g/mol. The largest absolute Gasteiger partial charge is 0.402 e. The fourth-order valence-corrected chi connectivity index (χ4v) is 3.12. The van der Waals surface area contributed by atoms with Crippen LogP contribution in [0.4, 0.5) is 13.2 Å². The molecule has 22 heavy (non-hydrogen) atoms. The first-order chi connectivity index (χ1) is 10.2. The van der Waals surface area contributed by atoms with E-state index < -0.39 is 22.7 Å². The Hall–Kier alpha value is -1.86. The van der Waals surface area contributed by atoms with E-state index in [-0.39, 0.29) is 4.90 Å². The fraction of sp³-hybridized carbons (Fsp3) is 0.200. The third-order valence-corrected chi connectivity index (χ3v) is 4.89. The Morgan fingerprint density at radius 3 is 1.91 bits per heavy atom. The van der Waals surface area contributed by atoms with Crippen molar-refractivity contribution in [1.29, 1.82) is 0 Å². The van der Waals surface area contributed by atoms with E-state index in [9.17, 15) is 21.6 Å². The second kappa shape index (κ2) is 6.10. The van der Waals surface area contributed by atoms with E-state index >= 15 is 0 Å². The van der Waals surface area contributed by atoms with Gasteiger partial charge in [-0.1, -0.05) is 42.5 Å². The summed E-state index contributed by atoms with van der Waals surface area (Å²) in [5.74, 6) is 0. The Balaban J connectivity index is 2.26. The lowest BCUT2D eigenvalue weighted by Crippen LogP contribution is -2.35. The van der Waals surface area contributed by atoms with Gasteiger partial charge in [0.05, 0.1) is 4.90 Å². The molecule has 0 N–H and O–H groups in total. The van der Waals surface area contributed by atoms with Gasteiger partial charge in [-0.05, 0) is 23.3 Å². The predicted molar refractivity (Wildman–Crippen MR) is 77.7 cm³/mol. The standard InChI is InChI=1S/C15H14F3NO2S/c1-19(11-15(16,17)18)22(20,21)14-9-7-13(8-10-14)12-5-3-2-4-6-12/h2-10H,11H2,1H3. The minimum Gasteiger partial charge on any atom is -0.207 e. The van der Waals surface area contributed by atoms with Gasteiger partial charge in [0.2, 0.25) is 10.0 Å². The van der Waals surface area contributed by atoms with Crippen molar-refractivity contribution < 1.29 is 21.6 Å². The van der Waals surface area contributed by atoms with Crippen LogP contribution in [0.25, 0.3) is 11.1 Å². The summed E-state index contributed by atoms with van der Waals surface area (Å²) in [5.41, 5.74) is 1.69. The topological polar surface area (TPSA) is 37.4 Å². The molecule has 118 valence electrons. The summed E-state index contributed by atoms with van der Waals surface area (Å²) in [5, 5.41) is 0. The van der Waals surface area contributed by atoms with Gasteiger partial charge in [0.15, 0.2) is 0 Å². The summed E-state index contributed by atoms with van der Waals surface area (Å²) < 4.78 is 61.5. The van der Waals surface area contributed by atoms with Crippen molar-refractivity contribution in [3.05, 3.63) is 54.6 Å². The van der Waals surface area contributed by atoms with E-state index in [4.69, 9.17) is 0 Å². The first-order valence-corrected chi connectivity index (χ1v) is 7.83. The van der Waals surface area contributed by atoms with Gasteiger partial charge in [-0.15, -0.1) is 0 Å².